The van der Waals surface area contributed by atoms with Gasteiger partial charge in [-0.05, 0) is 48.7 Å². The Morgan fingerprint density at radius 1 is 1.04 bits per heavy atom. The van der Waals surface area contributed by atoms with Crippen LogP contribution in [0, 0.1) is 0 Å². The zero-order valence-corrected chi connectivity index (χ0v) is 16.1. The Hall–Kier alpha value is -2.24. The van der Waals surface area contributed by atoms with Gasteiger partial charge in [-0.25, -0.2) is 0 Å². The lowest BCUT2D eigenvalue weighted by molar-refractivity contribution is -0.137. The van der Waals surface area contributed by atoms with Crippen molar-refractivity contribution in [2.24, 2.45) is 0 Å². The fourth-order valence-electron chi connectivity index (χ4n) is 4.24. The van der Waals surface area contributed by atoms with E-state index in [4.69, 9.17) is 0 Å². The summed E-state index contributed by atoms with van der Waals surface area (Å²) in [6.45, 7) is 5.43. The SMILES string of the molecule is CN1Cc2ccccc2C[C@H]1C(=O)N1CCCN(Cc2ccncc2)CC1. The molecule has 142 valence electrons. The van der Waals surface area contributed by atoms with Crippen LogP contribution in [0.2, 0.25) is 0 Å². The number of rotatable bonds is 3. The van der Waals surface area contributed by atoms with Gasteiger partial charge in [-0.3, -0.25) is 19.6 Å². The highest BCUT2D eigenvalue weighted by Gasteiger charge is 2.32. The maximum absolute atomic E-state index is 13.2. The maximum Gasteiger partial charge on any atom is 0.240 e. The summed E-state index contributed by atoms with van der Waals surface area (Å²) in [5.41, 5.74) is 3.96. The van der Waals surface area contributed by atoms with Gasteiger partial charge in [-0.15, -0.1) is 0 Å². The molecule has 1 atom stereocenters. The summed E-state index contributed by atoms with van der Waals surface area (Å²) in [5, 5.41) is 0. The van der Waals surface area contributed by atoms with E-state index in [0.717, 1.165) is 52.1 Å². The fourth-order valence-corrected chi connectivity index (χ4v) is 4.24. The van der Waals surface area contributed by atoms with Gasteiger partial charge in [0.15, 0.2) is 0 Å². The van der Waals surface area contributed by atoms with Crippen LogP contribution >= 0.6 is 0 Å². The molecule has 0 saturated carbocycles. The zero-order valence-electron chi connectivity index (χ0n) is 16.1. The minimum absolute atomic E-state index is 0.0355. The first-order valence-corrected chi connectivity index (χ1v) is 9.88. The van der Waals surface area contributed by atoms with E-state index in [2.05, 4.69) is 63.1 Å². The first-order chi connectivity index (χ1) is 13.2. The van der Waals surface area contributed by atoms with Crippen molar-refractivity contribution in [1.29, 1.82) is 0 Å². The summed E-state index contributed by atoms with van der Waals surface area (Å²) in [6.07, 6.45) is 5.55. The van der Waals surface area contributed by atoms with Gasteiger partial charge < -0.3 is 4.90 Å². The molecule has 2 aromatic rings. The first-order valence-electron chi connectivity index (χ1n) is 9.88. The summed E-state index contributed by atoms with van der Waals surface area (Å²) < 4.78 is 0. The van der Waals surface area contributed by atoms with Gasteiger partial charge in [-0.2, -0.15) is 0 Å². The molecule has 1 aromatic heterocycles. The number of likely N-dealkylation sites (N-methyl/N-ethyl adjacent to an activating group) is 1. The van der Waals surface area contributed by atoms with Crippen molar-refractivity contribution < 1.29 is 4.79 Å². The average molecular weight is 364 g/mol. The van der Waals surface area contributed by atoms with Crippen molar-refractivity contribution in [3.63, 3.8) is 0 Å². The Bertz CT molecular complexity index is 779. The molecule has 0 bridgehead atoms. The third-order valence-corrected chi connectivity index (χ3v) is 5.82. The van der Waals surface area contributed by atoms with Gasteiger partial charge in [0, 0.05) is 51.7 Å². The van der Waals surface area contributed by atoms with Gasteiger partial charge in [-0.1, -0.05) is 24.3 Å². The van der Waals surface area contributed by atoms with E-state index in [-0.39, 0.29) is 11.9 Å². The third-order valence-electron chi connectivity index (χ3n) is 5.82. The molecule has 3 heterocycles. The third kappa shape index (κ3) is 4.20. The highest BCUT2D eigenvalue weighted by molar-refractivity contribution is 5.82. The van der Waals surface area contributed by atoms with E-state index in [1.54, 1.807) is 0 Å². The summed E-state index contributed by atoms with van der Waals surface area (Å²) >= 11 is 0. The van der Waals surface area contributed by atoms with Gasteiger partial charge in [0.1, 0.15) is 0 Å². The molecule has 4 rings (SSSR count). The Morgan fingerprint density at radius 3 is 2.63 bits per heavy atom. The zero-order chi connectivity index (χ0) is 18.6. The number of carbonyl (C=O) groups excluding carboxylic acids is 1. The minimum atomic E-state index is -0.0355. The molecular weight excluding hydrogens is 336 g/mol. The van der Waals surface area contributed by atoms with Crippen LogP contribution in [-0.2, 0) is 24.3 Å². The average Bonchev–Trinajstić information content (AvgIpc) is 2.93. The molecule has 1 amide bonds. The highest BCUT2D eigenvalue weighted by atomic mass is 16.2. The lowest BCUT2D eigenvalue weighted by Gasteiger charge is -2.36. The van der Waals surface area contributed by atoms with Gasteiger partial charge in [0.2, 0.25) is 5.91 Å². The monoisotopic (exact) mass is 364 g/mol. The van der Waals surface area contributed by atoms with Crippen molar-refractivity contribution in [2.75, 3.05) is 33.2 Å². The summed E-state index contributed by atoms with van der Waals surface area (Å²) in [6, 6.07) is 12.6. The van der Waals surface area contributed by atoms with Crippen LogP contribution in [-0.4, -0.2) is 64.9 Å². The van der Waals surface area contributed by atoms with Crippen molar-refractivity contribution in [3.05, 3.63) is 65.5 Å². The number of nitrogens with zero attached hydrogens (tertiary/aromatic N) is 4. The van der Waals surface area contributed by atoms with Crippen molar-refractivity contribution in [1.82, 2.24) is 19.7 Å². The van der Waals surface area contributed by atoms with Crippen molar-refractivity contribution >= 4 is 5.91 Å². The normalized spacial score (nSPS) is 21.5. The second kappa shape index (κ2) is 8.19. The molecule has 0 spiro atoms. The quantitative estimate of drug-likeness (QED) is 0.837. The van der Waals surface area contributed by atoms with Crippen LogP contribution in [0.5, 0.6) is 0 Å². The van der Waals surface area contributed by atoms with E-state index < -0.39 is 0 Å². The molecule has 27 heavy (non-hydrogen) atoms. The molecule has 5 nitrogen and oxygen atoms in total. The van der Waals surface area contributed by atoms with Crippen LogP contribution in [0.15, 0.2) is 48.8 Å². The first kappa shape index (κ1) is 18.1. The predicted octanol–water partition coefficient (Wildman–Crippen LogP) is 2.17. The van der Waals surface area contributed by atoms with E-state index in [1.807, 2.05) is 12.4 Å². The van der Waals surface area contributed by atoms with Crippen LogP contribution in [0.4, 0.5) is 0 Å². The molecule has 1 fully saturated rings. The molecule has 0 N–H and O–H groups in total. The molecule has 5 heteroatoms. The number of pyridine rings is 1. The topological polar surface area (TPSA) is 39.7 Å². The Morgan fingerprint density at radius 2 is 1.81 bits per heavy atom. The number of amides is 1. The van der Waals surface area contributed by atoms with E-state index in [1.165, 1.54) is 16.7 Å². The molecule has 0 aliphatic carbocycles. The standard InChI is InChI=1S/C22H28N4O/c1-24-17-20-6-3-2-5-19(20)15-21(24)22(27)26-12-4-11-25(13-14-26)16-18-7-9-23-10-8-18/h2-3,5-10,21H,4,11-17H2,1H3/t21-/m0/s1. The van der Waals surface area contributed by atoms with Gasteiger partial charge in [0.05, 0.1) is 6.04 Å². The minimum Gasteiger partial charge on any atom is -0.340 e. The molecule has 1 saturated heterocycles. The molecule has 2 aliphatic rings. The van der Waals surface area contributed by atoms with E-state index >= 15 is 0 Å². The Kier molecular flexibility index (Phi) is 5.50. The van der Waals surface area contributed by atoms with Crippen LogP contribution < -0.4 is 0 Å². The molecule has 0 radical (unpaired) electrons. The maximum atomic E-state index is 13.2. The fraction of sp³-hybridized carbons (Fsp3) is 0.455. The van der Waals surface area contributed by atoms with Crippen molar-refractivity contribution in [2.45, 2.75) is 32.0 Å². The van der Waals surface area contributed by atoms with E-state index in [0.29, 0.717) is 0 Å². The van der Waals surface area contributed by atoms with Crippen LogP contribution in [0.3, 0.4) is 0 Å². The Balaban J connectivity index is 1.38. The molecule has 0 unspecified atom stereocenters. The number of hydrogen-bond donors (Lipinski definition) is 0. The second-order valence-electron chi connectivity index (χ2n) is 7.71. The number of fused-ring (bicyclic) bond motifs is 1. The lowest BCUT2D eigenvalue weighted by Crippen LogP contribution is -2.50. The largest absolute Gasteiger partial charge is 0.340 e. The van der Waals surface area contributed by atoms with E-state index in [9.17, 15) is 4.79 Å². The Labute approximate surface area is 161 Å². The lowest BCUT2D eigenvalue weighted by atomic mass is 9.93. The number of carbonyl (C=O) groups is 1. The molecular formula is C22H28N4O. The number of aromatic nitrogens is 1. The summed E-state index contributed by atoms with van der Waals surface area (Å²) in [4.78, 5) is 24.1. The van der Waals surface area contributed by atoms with Gasteiger partial charge >= 0.3 is 0 Å². The molecule has 2 aliphatic heterocycles. The number of hydrogen-bond acceptors (Lipinski definition) is 4. The molecule has 1 aromatic carbocycles. The van der Waals surface area contributed by atoms with Crippen molar-refractivity contribution in [3.8, 4) is 0 Å². The van der Waals surface area contributed by atoms with Gasteiger partial charge in [0.25, 0.3) is 0 Å². The summed E-state index contributed by atoms with van der Waals surface area (Å²) in [5.74, 6) is 0.290. The summed E-state index contributed by atoms with van der Waals surface area (Å²) in [7, 11) is 2.08. The second-order valence-corrected chi connectivity index (χ2v) is 7.71. The van der Waals surface area contributed by atoms with Crippen LogP contribution in [0.1, 0.15) is 23.1 Å². The highest BCUT2D eigenvalue weighted by Crippen LogP contribution is 2.23. The smallest absolute Gasteiger partial charge is 0.240 e. The number of benzene rings is 1. The predicted molar refractivity (Wildman–Crippen MR) is 106 cm³/mol. The van der Waals surface area contributed by atoms with Crippen LogP contribution in [0.25, 0.3) is 0 Å².